The number of nitrogens with zero attached hydrogens (tertiary/aromatic N) is 7. The predicted molar refractivity (Wildman–Crippen MR) is 107 cm³/mol. The maximum absolute atomic E-state index is 12.7. The van der Waals surface area contributed by atoms with Gasteiger partial charge in [0, 0.05) is 17.7 Å². The minimum atomic E-state index is -0.640. The number of benzene rings is 2. The summed E-state index contributed by atoms with van der Waals surface area (Å²) in [5.41, 5.74) is 9.52. The first-order valence-corrected chi connectivity index (χ1v) is 8.72. The van der Waals surface area contributed by atoms with Crippen molar-refractivity contribution < 1.29 is 14.3 Å². The van der Waals surface area contributed by atoms with Crippen LogP contribution in [0.2, 0.25) is 0 Å². The molecule has 4 aromatic rings. The lowest BCUT2D eigenvalue weighted by atomic mass is 10.1. The molecule has 2 aromatic carbocycles. The van der Waals surface area contributed by atoms with E-state index in [1.54, 1.807) is 24.3 Å². The lowest BCUT2D eigenvalue weighted by molar-refractivity contribution is -0.384. The van der Waals surface area contributed by atoms with E-state index >= 15 is 0 Å². The van der Waals surface area contributed by atoms with Crippen molar-refractivity contribution in [3.8, 4) is 17.1 Å². The molecule has 1 amide bonds. The van der Waals surface area contributed by atoms with Crippen molar-refractivity contribution in [3.63, 3.8) is 0 Å². The van der Waals surface area contributed by atoms with Crippen LogP contribution >= 0.6 is 0 Å². The van der Waals surface area contributed by atoms with E-state index in [0.29, 0.717) is 16.8 Å². The van der Waals surface area contributed by atoms with Gasteiger partial charge >= 0.3 is 0 Å². The number of nitro groups is 1. The quantitative estimate of drug-likeness (QED) is 0.266. The monoisotopic (exact) mass is 419 g/mol. The second-order valence-electron chi connectivity index (χ2n) is 6.09. The van der Waals surface area contributed by atoms with Gasteiger partial charge in [0.1, 0.15) is 5.69 Å². The summed E-state index contributed by atoms with van der Waals surface area (Å²) in [7, 11) is 0. The second-order valence-corrected chi connectivity index (χ2v) is 6.09. The molecule has 0 spiro atoms. The van der Waals surface area contributed by atoms with Gasteiger partial charge in [0.05, 0.1) is 11.1 Å². The number of nitrogen functional groups attached to an aromatic ring is 1. The summed E-state index contributed by atoms with van der Waals surface area (Å²) in [6.45, 7) is 0. The molecular formula is C18H13N9O4. The molecule has 4 rings (SSSR count). The zero-order valence-corrected chi connectivity index (χ0v) is 15.6. The highest BCUT2D eigenvalue weighted by Crippen LogP contribution is 2.26. The van der Waals surface area contributed by atoms with Crippen molar-refractivity contribution in [1.82, 2.24) is 30.7 Å². The van der Waals surface area contributed by atoms with Gasteiger partial charge in [0.25, 0.3) is 11.6 Å². The van der Waals surface area contributed by atoms with Crippen molar-refractivity contribution >= 4 is 23.6 Å². The summed E-state index contributed by atoms with van der Waals surface area (Å²) in [5.74, 6) is -0.580. The van der Waals surface area contributed by atoms with E-state index in [9.17, 15) is 14.9 Å². The predicted octanol–water partition coefficient (Wildman–Crippen LogP) is 1.57. The van der Waals surface area contributed by atoms with Crippen molar-refractivity contribution in [2.45, 2.75) is 0 Å². The van der Waals surface area contributed by atoms with Gasteiger partial charge in [-0.05, 0) is 28.0 Å². The third kappa shape index (κ3) is 3.95. The number of aromatic nitrogens is 5. The summed E-state index contributed by atoms with van der Waals surface area (Å²) < 4.78 is 5.86. The van der Waals surface area contributed by atoms with Crippen molar-refractivity contribution in [3.05, 3.63) is 76.0 Å². The first-order valence-electron chi connectivity index (χ1n) is 8.72. The van der Waals surface area contributed by atoms with Crippen LogP contribution in [0.25, 0.3) is 17.1 Å². The number of nitrogens with one attached hydrogen (secondary N) is 1. The molecule has 2 aromatic heterocycles. The molecule has 0 bridgehead atoms. The van der Waals surface area contributed by atoms with E-state index in [2.05, 4.69) is 35.8 Å². The van der Waals surface area contributed by atoms with E-state index in [-0.39, 0.29) is 23.0 Å². The fraction of sp³-hybridized carbons (Fsp3) is 0. The molecule has 2 heterocycles. The Labute approximate surface area is 173 Å². The molecule has 0 aliphatic carbocycles. The van der Waals surface area contributed by atoms with Gasteiger partial charge in [-0.1, -0.05) is 35.5 Å². The zero-order valence-electron chi connectivity index (χ0n) is 15.6. The van der Waals surface area contributed by atoms with Gasteiger partial charge in [-0.25, -0.2) is 10.1 Å². The Kier molecular flexibility index (Phi) is 5.13. The standard InChI is InChI=1S/C18H13N9O4/c19-16-17(24-31-23-16)26-15(12-4-2-1-3-5-12)14(21-25-26)18(28)22-20-10-11-6-8-13(9-7-11)27(29)30/h1-10H,(H2,19,23)(H,22,28). The van der Waals surface area contributed by atoms with Crippen LogP contribution in [-0.4, -0.2) is 42.4 Å². The van der Waals surface area contributed by atoms with Crippen LogP contribution in [0.1, 0.15) is 16.1 Å². The summed E-state index contributed by atoms with van der Waals surface area (Å²) >= 11 is 0. The molecule has 0 radical (unpaired) electrons. The van der Waals surface area contributed by atoms with Crippen LogP contribution in [0.5, 0.6) is 0 Å². The highest BCUT2D eigenvalue weighted by atomic mass is 16.6. The highest BCUT2D eigenvalue weighted by molar-refractivity contribution is 5.98. The number of hydrazone groups is 1. The molecule has 0 saturated carbocycles. The largest absolute Gasteiger partial charge is 0.378 e. The Morgan fingerprint density at radius 1 is 1.16 bits per heavy atom. The van der Waals surface area contributed by atoms with Crippen LogP contribution in [0.4, 0.5) is 11.5 Å². The molecule has 31 heavy (non-hydrogen) atoms. The van der Waals surface area contributed by atoms with Crippen molar-refractivity contribution in [2.75, 3.05) is 5.73 Å². The van der Waals surface area contributed by atoms with Crippen LogP contribution in [0, 0.1) is 10.1 Å². The average Bonchev–Trinajstić information content (AvgIpc) is 3.40. The SMILES string of the molecule is Nc1nonc1-n1nnc(C(=O)NN=Cc2ccc([N+](=O)[O-])cc2)c1-c1ccccc1. The fourth-order valence-electron chi connectivity index (χ4n) is 2.68. The van der Waals surface area contributed by atoms with E-state index in [4.69, 9.17) is 5.73 Å². The van der Waals surface area contributed by atoms with Gasteiger partial charge < -0.3 is 5.73 Å². The molecule has 13 nitrogen and oxygen atoms in total. The smallest absolute Gasteiger partial charge is 0.294 e. The number of rotatable bonds is 6. The number of nitro benzene ring substituents is 1. The van der Waals surface area contributed by atoms with Crippen LogP contribution in [-0.2, 0) is 0 Å². The minimum absolute atomic E-state index is 0.0229. The normalized spacial score (nSPS) is 11.0. The summed E-state index contributed by atoms with van der Waals surface area (Å²) in [5, 5.41) is 29.7. The third-order valence-corrected chi connectivity index (χ3v) is 4.11. The molecule has 0 aliphatic rings. The van der Waals surface area contributed by atoms with E-state index in [1.807, 2.05) is 6.07 Å². The van der Waals surface area contributed by atoms with Crippen LogP contribution < -0.4 is 11.2 Å². The Morgan fingerprint density at radius 3 is 2.55 bits per heavy atom. The average molecular weight is 419 g/mol. The summed E-state index contributed by atoms with van der Waals surface area (Å²) in [6.07, 6.45) is 1.34. The molecule has 0 saturated heterocycles. The fourth-order valence-corrected chi connectivity index (χ4v) is 2.68. The molecule has 0 fully saturated rings. The molecular weight excluding hydrogens is 406 g/mol. The Hall–Kier alpha value is -4.94. The number of hydrogen-bond donors (Lipinski definition) is 2. The van der Waals surface area contributed by atoms with Gasteiger partial charge in [-0.2, -0.15) is 9.78 Å². The zero-order chi connectivity index (χ0) is 21.8. The van der Waals surface area contributed by atoms with Crippen LogP contribution in [0.15, 0.2) is 64.3 Å². The topological polar surface area (TPSA) is 180 Å². The lowest BCUT2D eigenvalue weighted by Crippen LogP contribution is -2.19. The molecule has 13 heteroatoms. The highest BCUT2D eigenvalue weighted by Gasteiger charge is 2.24. The number of anilines is 1. The third-order valence-electron chi connectivity index (χ3n) is 4.11. The molecule has 0 atom stereocenters. The van der Waals surface area contributed by atoms with Crippen molar-refractivity contribution in [2.24, 2.45) is 5.10 Å². The first kappa shape index (κ1) is 19.4. The van der Waals surface area contributed by atoms with E-state index < -0.39 is 10.8 Å². The Balaban J connectivity index is 1.61. The lowest BCUT2D eigenvalue weighted by Gasteiger charge is -2.05. The number of carbonyl (C=O) groups excluding carboxylic acids is 1. The molecule has 3 N–H and O–H groups in total. The number of hydrogen-bond acceptors (Lipinski definition) is 10. The number of amides is 1. The molecule has 154 valence electrons. The van der Waals surface area contributed by atoms with Gasteiger partial charge in [-0.15, -0.1) is 5.10 Å². The second kappa shape index (κ2) is 8.20. The van der Waals surface area contributed by atoms with Gasteiger partial charge in [0.15, 0.2) is 5.69 Å². The van der Waals surface area contributed by atoms with Gasteiger partial charge in [0.2, 0.25) is 11.6 Å². The number of nitrogens with two attached hydrogens (primary N) is 1. The number of non-ortho nitro benzene ring substituents is 1. The molecule has 0 unspecified atom stereocenters. The van der Waals surface area contributed by atoms with E-state index in [0.717, 1.165) is 0 Å². The Bertz CT molecular complexity index is 1260. The maximum atomic E-state index is 12.7. The van der Waals surface area contributed by atoms with Gasteiger partial charge in [-0.3, -0.25) is 14.9 Å². The molecule has 0 aliphatic heterocycles. The van der Waals surface area contributed by atoms with Crippen molar-refractivity contribution in [1.29, 1.82) is 0 Å². The first-order chi connectivity index (χ1) is 15.0. The van der Waals surface area contributed by atoms with Crippen LogP contribution in [0.3, 0.4) is 0 Å². The van der Waals surface area contributed by atoms with E-state index in [1.165, 1.54) is 35.2 Å². The maximum Gasteiger partial charge on any atom is 0.294 e. The Morgan fingerprint density at radius 2 is 1.90 bits per heavy atom. The summed E-state index contributed by atoms with van der Waals surface area (Å²) in [6, 6.07) is 14.6. The number of carbonyl (C=O) groups is 1. The summed E-state index contributed by atoms with van der Waals surface area (Å²) in [4.78, 5) is 22.9. The minimum Gasteiger partial charge on any atom is -0.378 e.